The molecule has 0 heterocycles. The average molecular weight is 256 g/mol. The molecule has 0 aromatic heterocycles. The van der Waals surface area contributed by atoms with E-state index < -0.39 is 5.97 Å². The number of carbonyl (C=O) groups excluding carboxylic acids is 1. The van der Waals surface area contributed by atoms with Crippen LogP contribution >= 0.6 is 0 Å². The highest BCUT2D eigenvalue weighted by atomic mass is 17.2. The van der Waals surface area contributed by atoms with Gasteiger partial charge in [-0.25, -0.2) is 4.79 Å². The van der Waals surface area contributed by atoms with Gasteiger partial charge in [-0.2, -0.15) is 0 Å². The molecule has 2 aromatic carbocycles. The zero-order valence-electron chi connectivity index (χ0n) is 11.3. The Kier molecular flexibility index (Phi) is 3.85. The van der Waals surface area contributed by atoms with E-state index in [2.05, 4.69) is 17.0 Å². The zero-order valence-corrected chi connectivity index (χ0v) is 11.3. The lowest BCUT2D eigenvalue weighted by atomic mass is 9.96. The fourth-order valence-corrected chi connectivity index (χ4v) is 1.92. The molecule has 0 amide bonds. The SMILES string of the molecule is CC(=O)OOc1ccc(-c2ccccc2)c(C)c1C. The van der Waals surface area contributed by atoms with E-state index in [1.165, 1.54) is 6.92 Å². The van der Waals surface area contributed by atoms with Gasteiger partial charge in [0.15, 0.2) is 5.75 Å². The summed E-state index contributed by atoms with van der Waals surface area (Å²) in [5.74, 6) is 0.0940. The Balaban J connectivity index is 2.35. The van der Waals surface area contributed by atoms with Gasteiger partial charge in [-0.1, -0.05) is 36.4 Å². The van der Waals surface area contributed by atoms with Gasteiger partial charge >= 0.3 is 5.97 Å². The largest absolute Gasteiger partial charge is 0.352 e. The normalized spacial score (nSPS) is 10.1. The monoisotopic (exact) mass is 256 g/mol. The van der Waals surface area contributed by atoms with Crippen LogP contribution in [-0.4, -0.2) is 5.97 Å². The molecule has 3 heteroatoms. The number of carbonyl (C=O) groups is 1. The van der Waals surface area contributed by atoms with Crippen LogP contribution in [-0.2, 0) is 9.68 Å². The van der Waals surface area contributed by atoms with Crippen molar-refractivity contribution in [2.24, 2.45) is 0 Å². The van der Waals surface area contributed by atoms with Gasteiger partial charge in [-0.15, -0.1) is 0 Å². The molecule has 2 rings (SSSR count). The molecule has 2 aromatic rings. The molecule has 0 fully saturated rings. The molecule has 3 nitrogen and oxygen atoms in total. The highest BCUT2D eigenvalue weighted by Gasteiger charge is 2.10. The van der Waals surface area contributed by atoms with Crippen LogP contribution in [0.3, 0.4) is 0 Å². The molecule has 0 aliphatic carbocycles. The molecule has 0 saturated heterocycles. The first-order chi connectivity index (χ1) is 9.09. The van der Waals surface area contributed by atoms with Gasteiger partial charge in [0.25, 0.3) is 0 Å². The van der Waals surface area contributed by atoms with E-state index in [0.29, 0.717) is 5.75 Å². The molecule has 0 atom stereocenters. The van der Waals surface area contributed by atoms with Gasteiger partial charge in [-0.05, 0) is 42.2 Å². The van der Waals surface area contributed by atoms with Crippen LogP contribution in [0.25, 0.3) is 11.1 Å². The van der Waals surface area contributed by atoms with Crippen molar-refractivity contribution < 1.29 is 14.6 Å². The standard InChI is InChI=1S/C16H16O3/c1-11-12(2)16(19-18-13(3)17)10-9-15(11)14-7-5-4-6-8-14/h4-10H,1-3H3. The average Bonchev–Trinajstić information content (AvgIpc) is 2.41. The summed E-state index contributed by atoms with van der Waals surface area (Å²) in [6.45, 7) is 5.28. The van der Waals surface area contributed by atoms with Gasteiger partial charge in [-0.3, -0.25) is 9.78 Å². The third-order valence-electron chi connectivity index (χ3n) is 3.07. The smallest absolute Gasteiger partial charge is 0.287 e. The van der Waals surface area contributed by atoms with Crippen molar-refractivity contribution in [2.75, 3.05) is 0 Å². The van der Waals surface area contributed by atoms with Crippen LogP contribution in [0, 0.1) is 13.8 Å². The molecule has 0 bridgehead atoms. The minimum absolute atomic E-state index is 0.468. The van der Waals surface area contributed by atoms with E-state index in [9.17, 15) is 4.79 Å². The van der Waals surface area contributed by atoms with Crippen molar-refractivity contribution in [3.63, 3.8) is 0 Å². The molecule has 0 aliphatic heterocycles. The summed E-state index contributed by atoms with van der Waals surface area (Å²) in [5, 5.41) is 0. The van der Waals surface area contributed by atoms with Gasteiger partial charge in [0.2, 0.25) is 0 Å². The molecule has 98 valence electrons. The van der Waals surface area contributed by atoms with Crippen LogP contribution in [0.15, 0.2) is 42.5 Å². The first-order valence-electron chi connectivity index (χ1n) is 6.10. The summed E-state index contributed by atoms with van der Waals surface area (Å²) in [6, 6.07) is 13.9. The first-order valence-corrected chi connectivity index (χ1v) is 6.10. The number of hydrogen-bond acceptors (Lipinski definition) is 3. The second-order valence-electron chi connectivity index (χ2n) is 4.39. The van der Waals surface area contributed by atoms with Crippen molar-refractivity contribution in [3.05, 3.63) is 53.6 Å². The van der Waals surface area contributed by atoms with Crippen LogP contribution in [0.2, 0.25) is 0 Å². The highest BCUT2D eigenvalue weighted by Crippen LogP contribution is 2.31. The molecule has 0 radical (unpaired) electrons. The maximum absolute atomic E-state index is 10.8. The minimum atomic E-state index is -0.468. The lowest BCUT2D eigenvalue weighted by Crippen LogP contribution is -2.04. The summed E-state index contributed by atoms with van der Waals surface area (Å²) in [5.41, 5.74) is 4.37. The second kappa shape index (κ2) is 5.57. The molecular formula is C16H16O3. The number of rotatable bonds is 3. The topological polar surface area (TPSA) is 35.5 Å². The van der Waals surface area contributed by atoms with Crippen LogP contribution in [0.5, 0.6) is 5.75 Å². The maximum Gasteiger partial charge on any atom is 0.352 e. The molecule has 0 aliphatic rings. The van der Waals surface area contributed by atoms with Crippen molar-refractivity contribution in [2.45, 2.75) is 20.8 Å². The van der Waals surface area contributed by atoms with Crippen molar-refractivity contribution in [1.29, 1.82) is 0 Å². The predicted octanol–water partition coefficient (Wildman–Crippen LogP) is 3.83. The Morgan fingerprint density at radius 3 is 2.26 bits per heavy atom. The minimum Gasteiger partial charge on any atom is -0.287 e. The van der Waals surface area contributed by atoms with E-state index >= 15 is 0 Å². The Hall–Kier alpha value is -2.29. The summed E-state index contributed by atoms with van der Waals surface area (Å²) in [7, 11) is 0. The fourth-order valence-electron chi connectivity index (χ4n) is 1.92. The second-order valence-corrected chi connectivity index (χ2v) is 4.39. The van der Waals surface area contributed by atoms with E-state index in [1.807, 2.05) is 44.2 Å². The van der Waals surface area contributed by atoms with Gasteiger partial charge < -0.3 is 0 Å². The van der Waals surface area contributed by atoms with Crippen molar-refractivity contribution in [3.8, 4) is 16.9 Å². The van der Waals surface area contributed by atoms with E-state index in [1.54, 1.807) is 0 Å². The first kappa shape index (κ1) is 13.1. The molecule has 0 N–H and O–H groups in total. The third kappa shape index (κ3) is 2.94. The molecular weight excluding hydrogens is 240 g/mol. The van der Waals surface area contributed by atoms with Crippen LogP contribution in [0.4, 0.5) is 0 Å². The molecule has 0 spiro atoms. The number of hydrogen-bond donors (Lipinski definition) is 0. The Morgan fingerprint density at radius 2 is 1.63 bits per heavy atom. The molecule has 0 unspecified atom stereocenters. The third-order valence-corrected chi connectivity index (χ3v) is 3.07. The summed E-state index contributed by atoms with van der Waals surface area (Å²) in [6.07, 6.45) is 0. The van der Waals surface area contributed by atoms with E-state index in [0.717, 1.165) is 22.3 Å². The summed E-state index contributed by atoms with van der Waals surface area (Å²) in [4.78, 5) is 20.3. The highest BCUT2D eigenvalue weighted by molar-refractivity contribution is 5.70. The number of benzene rings is 2. The molecule has 0 saturated carbocycles. The Morgan fingerprint density at radius 1 is 0.947 bits per heavy atom. The summed E-state index contributed by atoms with van der Waals surface area (Å²) < 4.78 is 0. The Bertz CT molecular complexity index is 588. The van der Waals surface area contributed by atoms with E-state index in [4.69, 9.17) is 4.89 Å². The molecule has 19 heavy (non-hydrogen) atoms. The van der Waals surface area contributed by atoms with Crippen LogP contribution < -0.4 is 4.89 Å². The maximum atomic E-state index is 10.8. The fraction of sp³-hybridized carbons (Fsp3) is 0.188. The quantitative estimate of drug-likeness (QED) is 0.618. The lowest BCUT2D eigenvalue weighted by Gasteiger charge is -2.12. The lowest BCUT2D eigenvalue weighted by molar-refractivity contribution is -0.211. The predicted molar refractivity (Wildman–Crippen MR) is 73.7 cm³/mol. The van der Waals surface area contributed by atoms with Gasteiger partial charge in [0.1, 0.15) is 0 Å². The van der Waals surface area contributed by atoms with Gasteiger partial charge in [0.05, 0.1) is 0 Å². The van der Waals surface area contributed by atoms with E-state index in [-0.39, 0.29) is 0 Å². The van der Waals surface area contributed by atoms with Crippen molar-refractivity contribution in [1.82, 2.24) is 0 Å². The van der Waals surface area contributed by atoms with Crippen LogP contribution in [0.1, 0.15) is 18.1 Å². The summed E-state index contributed by atoms with van der Waals surface area (Å²) >= 11 is 0. The Labute approximate surface area is 112 Å². The zero-order chi connectivity index (χ0) is 13.8. The van der Waals surface area contributed by atoms with Crippen molar-refractivity contribution >= 4 is 5.97 Å². The van der Waals surface area contributed by atoms with Gasteiger partial charge in [0, 0.05) is 6.92 Å².